The Morgan fingerprint density at radius 3 is 3.00 bits per heavy atom. The Balaban J connectivity index is 2.58. The zero-order valence-electron chi connectivity index (χ0n) is 9.33. The number of hydrogen-bond acceptors (Lipinski definition) is 6. The van der Waals surface area contributed by atoms with Crippen LogP contribution in [0, 0.1) is 11.7 Å². The lowest BCUT2D eigenvalue weighted by Gasteiger charge is -2.12. The van der Waals surface area contributed by atoms with E-state index in [2.05, 4.69) is 20.7 Å². The first kappa shape index (κ1) is 12.6. The van der Waals surface area contributed by atoms with Crippen molar-refractivity contribution in [2.75, 3.05) is 31.0 Å². The molecular weight excluding hydrogens is 213 g/mol. The molecule has 0 saturated heterocycles. The summed E-state index contributed by atoms with van der Waals surface area (Å²) in [6, 6.07) is 0. The molecule has 0 amide bonds. The Morgan fingerprint density at radius 1 is 1.62 bits per heavy atom. The van der Waals surface area contributed by atoms with Gasteiger partial charge >= 0.3 is 0 Å². The molecule has 0 fully saturated rings. The summed E-state index contributed by atoms with van der Waals surface area (Å²) in [6.45, 7) is 3.14. The van der Waals surface area contributed by atoms with Gasteiger partial charge in [0.2, 0.25) is 5.95 Å². The van der Waals surface area contributed by atoms with Gasteiger partial charge in [0.1, 0.15) is 0 Å². The fourth-order valence-corrected chi connectivity index (χ4v) is 1.17. The Morgan fingerprint density at radius 2 is 2.38 bits per heavy atom. The van der Waals surface area contributed by atoms with Crippen LogP contribution in [0.4, 0.5) is 16.2 Å². The van der Waals surface area contributed by atoms with Crippen molar-refractivity contribution in [2.24, 2.45) is 11.8 Å². The average Bonchev–Trinajstić information content (AvgIpc) is 2.28. The van der Waals surface area contributed by atoms with Crippen LogP contribution in [0.3, 0.4) is 0 Å². The molecule has 0 aromatic carbocycles. The lowest BCUT2D eigenvalue weighted by Crippen LogP contribution is -2.18. The van der Waals surface area contributed by atoms with E-state index >= 15 is 0 Å². The lowest BCUT2D eigenvalue weighted by atomic mass is 10.2. The predicted octanol–water partition coefficient (Wildman–Crippen LogP) is 0.596. The summed E-state index contributed by atoms with van der Waals surface area (Å²) in [7, 11) is 1.62. The number of nitrogens with zero attached hydrogens (tertiary/aromatic N) is 2. The zero-order valence-corrected chi connectivity index (χ0v) is 9.33. The van der Waals surface area contributed by atoms with Crippen molar-refractivity contribution in [3.05, 3.63) is 12.0 Å². The summed E-state index contributed by atoms with van der Waals surface area (Å²) in [4.78, 5) is 7.48. The van der Waals surface area contributed by atoms with E-state index in [1.54, 1.807) is 7.11 Å². The molecule has 1 unspecified atom stereocenters. The third-order valence-corrected chi connectivity index (χ3v) is 1.94. The van der Waals surface area contributed by atoms with Crippen molar-refractivity contribution in [2.45, 2.75) is 6.92 Å². The number of methoxy groups -OCH3 is 1. The first-order valence-electron chi connectivity index (χ1n) is 4.89. The Kier molecular flexibility index (Phi) is 4.87. The van der Waals surface area contributed by atoms with Crippen LogP contribution in [0.1, 0.15) is 6.92 Å². The number of ether oxygens (including phenoxy) is 1. The maximum Gasteiger partial charge on any atom is 0.239 e. The number of hydrogen-bond donors (Lipinski definition) is 3. The molecule has 6 nitrogen and oxygen atoms in total. The van der Waals surface area contributed by atoms with Gasteiger partial charge < -0.3 is 10.1 Å². The molecule has 0 aliphatic carbocycles. The summed E-state index contributed by atoms with van der Waals surface area (Å²) in [6.07, 6.45) is 1.06. The van der Waals surface area contributed by atoms with Gasteiger partial charge in [0, 0.05) is 13.7 Å². The first-order valence-corrected chi connectivity index (χ1v) is 4.89. The highest BCUT2D eigenvalue weighted by molar-refractivity contribution is 5.40. The molecule has 90 valence electrons. The Hall–Kier alpha value is -1.47. The Bertz CT molecular complexity index is 336. The quantitative estimate of drug-likeness (QED) is 0.489. The SMILES string of the molecule is COCC(C)CNc1nc(NN)ncc1F. The number of nitrogen functional groups attached to an aromatic ring is 1. The lowest BCUT2D eigenvalue weighted by molar-refractivity contribution is 0.164. The molecule has 0 aliphatic rings. The number of nitrogens with one attached hydrogen (secondary N) is 2. The zero-order chi connectivity index (χ0) is 12.0. The number of aromatic nitrogens is 2. The van der Waals surface area contributed by atoms with Crippen LogP contribution in [0.25, 0.3) is 0 Å². The topological polar surface area (TPSA) is 85.1 Å². The van der Waals surface area contributed by atoms with Crippen molar-refractivity contribution in [1.29, 1.82) is 0 Å². The minimum absolute atomic E-state index is 0.130. The van der Waals surface area contributed by atoms with Gasteiger partial charge in [-0.15, -0.1) is 0 Å². The molecule has 1 rings (SSSR count). The molecule has 4 N–H and O–H groups in total. The third-order valence-electron chi connectivity index (χ3n) is 1.94. The van der Waals surface area contributed by atoms with E-state index in [0.29, 0.717) is 13.2 Å². The maximum absolute atomic E-state index is 13.3. The van der Waals surface area contributed by atoms with E-state index in [1.807, 2.05) is 6.92 Å². The number of rotatable bonds is 6. The summed E-state index contributed by atoms with van der Waals surface area (Å²) in [5, 5.41) is 2.87. The highest BCUT2D eigenvalue weighted by Crippen LogP contribution is 2.11. The fraction of sp³-hybridized carbons (Fsp3) is 0.556. The number of nitrogens with two attached hydrogens (primary N) is 1. The molecule has 1 aromatic heterocycles. The molecular formula is C9H16FN5O. The van der Waals surface area contributed by atoms with Crippen molar-refractivity contribution in [3.63, 3.8) is 0 Å². The first-order chi connectivity index (χ1) is 7.67. The molecule has 0 bridgehead atoms. The maximum atomic E-state index is 13.3. The number of halogens is 1. The number of hydrazine groups is 1. The highest BCUT2D eigenvalue weighted by Gasteiger charge is 2.07. The van der Waals surface area contributed by atoms with Gasteiger partial charge in [-0.3, -0.25) is 5.43 Å². The average molecular weight is 229 g/mol. The number of anilines is 2. The van der Waals surface area contributed by atoms with Gasteiger partial charge in [-0.05, 0) is 5.92 Å². The van der Waals surface area contributed by atoms with Crippen LogP contribution in [0.5, 0.6) is 0 Å². The van der Waals surface area contributed by atoms with Crippen LogP contribution in [-0.4, -0.2) is 30.2 Å². The molecule has 1 atom stereocenters. The molecule has 0 saturated carbocycles. The second-order valence-corrected chi connectivity index (χ2v) is 3.48. The van der Waals surface area contributed by atoms with Gasteiger partial charge in [-0.2, -0.15) is 4.98 Å². The van der Waals surface area contributed by atoms with Crippen molar-refractivity contribution in [1.82, 2.24) is 9.97 Å². The third kappa shape index (κ3) is 3.59. The second kappa shape index (κ2) is 6.19. The van der Waals surface area contributed by atoms with E-state index in [0.717, 1.165) is 6.20 Å². The largest absolute Gasteiger partial charge is 0.384 e. The molecule has 0 aliphatic heterocycles. The summed E-state index contributed by atoms with van der Waals surface area (Å²) in [5.74, 6) is 5.17. The van der Waals surface area contributed by atoms with Gasteiger partial charge in [0.05, 0.1) is 12.8 Å². The van der Waals surface area contributed by atoms with E-state index in [9.17, 15) is 4.39 Å². The van der Waals surface area contributed by atoms with Gasteiger partial charge in [0.15, 0.2) is 11.6 Å². The fourth-order valence-electron chi connectivity index (χ4n) is 1.17. The van der Waals surface area contributed by atoms with Crippen LogP contribution in [0.15, 0.2) is 6.20 Å². The highest BCUT2D eigenvalue weighted by atomic mass is 19.1. The minimum atomic E-state index is -0.511. The molecule has 16 heavy (non-hydrogen) atoms. The monoisotopic (exact) mass is 229 g/mol. The van der Waals surface area contributed by atoms with Gasteiger partial charge in [-0.1, -0.05) is 6.92 Å². The van der Waals surface area contributed by atoms with Crippen LogP contribution >= 0.6 is 0 Å². The molecule has 1 heterocycles. The van der Waals surface area contributed by atoms with Crippen LogP contribution in [-0.2, 0) is 4.74 Å². The van der Waals surface area contributed by atoms with Crippen LogP contribution < -0.4 is 16.6 Å². The Labute approximate surface area is 93.4 Å². The minimum Gasteiger partial charge on any atom is -0.384 e. The van der Waals surface area contributed by atoms with Gasteiger partial charge in [-0.25, -0.2) is 15.2 Å². The van der Waals surface area contributed by atoms with Crippen LogP contribution in [0.2, 0.25) is 0 Å². The van der Waals surface area contributed by atoms with Crippen molar-refractivity contribution >= 4 is 11.8 Å². The van der Waals surface area contributed by atoms with E-state index in [-0.39, 0.29) is 17.7 Å². The van der Waals surface area contributed by atoms with Gasteiger partial charge in [0.25, 0.3) is 0 Å². The van der Waals surface area contributed by atoms with Crippen molar-refractivity contribution in [3.8, 4) is 0 Å². The van der Waals surface area contributed by atoms with E-state index < -0.39 is 5.82 Å². The summed E-state index contributed by atoms with van der Waals surface area (Å²) >= 11 is 0. The molecule has 0 radical (unpaired) electrons. The molecule has 1 aromatic rings. The summed E-state index contributed by atoms with van der Waals surface area (Å²) in [5.41, 5.74) is 2.25. The molecule has 7 heteroatoms. The standard InChI is InChI=1S/C9H16FN5O/c1-6(5-16-2)3-12-8-7(10)4-13-9(14-8)15-11/h4,6H,3,5,11H2,1-2H3,(H2,12,13,14,15). The molecule has 0 spiro atoms. The van der Waals surface area contributed by atoms with E-state index in [4.69, 9.17) is 10.6 Å². The van der Waals surface area contributed by atoms with Crippen molar-refractivity contribution < 1.29 is 9.13 Å². The summed E-state index contributed by atoms with van der Waals surface area (Å²) < 4.78 is 18.2. The second-order valence-electron chi connectivity index (χ2n) is 3.48. The smallest absolute Gasteiger partial charge is 0.239 e. The normalized spacial score (nSPS) is 12.2. The predicted molar refractivity (Wildman–Crippen MR) is 59.3 cm³/mol. The van der Waals surface area contributed by atoms with E-state index in [1.165, 1.54) is 0 Å².